The fourth-order valence-electron chi connectivity index (χ4n) is 2.07. The largest absolute Gasteiger partial charge is 0.459 e. The van der Waals surface area contributed by atoms with E-state index < -0.39 is 0 Å². The molecule has 1 aromatic carbocycles. The average Bonchev–Trinajstić information content (AvgIpc) is 3.26. The number of thiazole rings is 1. The second kappa shape index (κ2) is 7.63. The van der Waals surface area contributed by atoms with Crippen LogP contribution in [0, 0.1) is 6.92 Å². The van der Waals surface area contributed by atoms with Crippen molar-refractivity contribution in [2.45, 2.75) is 13.5 Å². The van der Waals surface area contributed by atoms with Gasteiger partial charge >= 0.3 is 6.03 Å². The second-order valence-electron chi connectivity index (χ2n) is 5.16. The van der Waals surface area contributed by atoms with Crippen molar-refractivity contribution in [2.24, 2.45) is 0 Å². The van der Waals surface area contributed by atoms with Crippen LogP contribution in [0.2, 0.25) is 0 Å². The molecular formula is C17H16N4O3S. The number of aromatic nitrogens is 1. The summed E-state index contributed by atoms with van der Waals surface area (Å²) in [5.41, 5.74) is 1.22. The number of anilines is 2. The Morgan fingerprint density at radius 2 is 1.84 bits per heavy atom. The maximum absolute atomic E-state index is 11.9. The van der Waals surface area contributed by atoms with Gasteiger partial charge in [0.05, 0.1) is 17.8 Å². The number of benzene rings is 1. The van der Waals surface area contributed by atoms with E-state index in [9.17, 15) is 9.59 Å². The Morgan fingerprint density at radius 3 is 2.44 bits per heavy atom. The Bertz CT molecular complexity index is 856. The summed E-state index contributed by atoms with van der Waals surface area (Å²) in [5, 5.41) is 9.16. The number of hydrogen-bond donors (Lipinski definition) is 3. The Kier molecular flexibility index (Phi) is 5.10. The van der Waals surface area contributed by atoms with E-state index in [0.29, 0.717) is 17.9 Å². The number of rotatable bonds is 5. The van der Waals surface area contributed by atoms with Crippen molar-refractivity contribution in [3.8, 4) is 0 Å². The fraction of sp³-hybridized carbons (Fsp3) is 0.118. The molecule has 0 bridgehead atoms. The Morgan fingerprint density at radius 1 is 1.12 bits per heavy atom. The Labute approximate surface area is 148 Å². The molecule has 0 saturated heterocycles. The molecule has 2 heterocycles. The molecular weight excluding hydrogens is 340 g/mol. The van der Waals surface area contributed by atoms with Crippen molar-refractivity contribution >= 4 is 34.6 Å². The highest BCUT2D eigenvalue weighted by Crippen LogP contribution is 2.15. The molecule has 3 aromatic rings. The van der Waals surface area contributed by atoms with Gasteiger partial charge in [-0.25, -0.2) is 9.78 Å². The molecule has 3 N–H and O–H groups in total. The highest BCUT2D eigenvalue weighted by atomic mass is 32.1. The van der Waals surface area contributed by atoms with E-state index in [1.165, 1.54) is 6.26 Å². The Balaban J connectivity index is 1.50. The molecule has 0 aliphatic heterocycles. The molecule has 0 unspecified atom stereocenters. The van der Waals surface area contributed by atoms with Crippen LogP contribution in [0.4, 0.5) is 16.2 Å². The van der Waals surface area contributed by atoms with Crippen molar-refractivity contribution in [3.05, 3.63) is 64.5 Å². The minimum absolute atomic E-state index is 0.236. The summed E-state index contributed by atoms with van der Waals surface area (Å²) in [4.78, 5) is 28.9. The quantitative estimate of drug-likeness (QED) is 0.650. The van der Waals surface area contributed by atoms with Gasteiger partial charge in [0.15, 0.2) is 5.76 Å². The second-order valence-corrected chi connectivity index (χ2v) is 6.48. The van der Waals surface area contributed by atoms with Gasteiger partial charge in [-0.05, 0) is 43.3 Å². The van der Waals surface area contributed by atoms with E-state index in [-0.39, 0.29) is 17.7 Å². The van der Waals surface area contributed by atoms with Crippen molar-refractivity contribution in [2.75, 3.05) is 10.6 Å². The van der Waals surface area contributed by atoms with Crippen LogP contribution in [0.15, 0.2) is 53.3 Å². The number of nitrogens with one attached hydrogen (secondary N) is 3. The lowest BCUT2D eigenvalue weighted by atomic mass is 10.2. The molecule has 3 amide bonds. The maximum atomic E-state index is 11.9. The van der Waals surface area contributed by atoms with Gasteiger partial charge in [0, 0.05) is 22.4 Å². The standard InChI is InChI=1S/C17H16N4O3S/c1-11-18-9-14(25-11)10-19-17(23)21-13-6-4-12(5-7-13)20-16(22)15-3-2-8-24-15/h2-9H,10H2,1H3,(H,20,22)(H2,19,21,23). The highest BCUT2D eigenvalue weighted by Gasteiger charge is 2.09. The van der Waals surface area contributed by atoms with Crippen LogP contribution in [0.5, 0.6) is 0 Å². The molecule has 0 saturated carbocycles. The van der Waals surface area contributed by atoms with Crippen LogP contribution in [0.1, 0.15) is 20.4 Å². The fourth-order valence-corrected chi connectivity index (χ4v) is 2.80. The molecule has 7 nitrogen and oxygen atoms in total. The molecule has 0 spiro atoms. The third kappa shape index (κ3) is 4.67. The number of furan rings is 1. The van der Waals surface area contributed by atoms with Gasteiger partial charge in [0.25, 0.3) is 5.91 Å². The lowest BCUT2D eigenvalue weighted by molar-refractivity contribution is 0.0996. The van der Waals surface area contributed by atoms with E-state index in [1.807, 2.05) is 6.92 Å². The first kappa shape index (κ1) is 16.7. The molecule has 0 radical (unpaired) electrons. The number of nitrogens with zero attached hydrogens (tertiary/aromatic N) is 1. The van der Waals surface area contributed by atoms with Gasteiger partial charge in [-0.1, -0.05) is 0 Å². The number of carbonyl (C=O) groups is 2. The molecule has 0 aliphatic rings. The number of hydrogen-bond acceptors (Lipinski definition) is 5. The molecule has 25 heavy (non-hydrogen) atoms. The van der Waals surface area contributed by atoms with Gasteiger partial charge in [-0.3, -0.25) is 4.79 Å². The predicted molar refractivity (Wildman–Crippen MR) is 95.8 cm³/mol. The summed E-state index contributed by atoms with van der Waals surface area (Å²) in [6.45, 7) is 2.34. The summed E-state index contributed by atoms with van der Waals surface area (Å²) < 4.78 is 5.03. The van der Waals surface area contributed by atoms with Crippen LogP contribution in [-0.2, 0) is 6.54 Å². The summed E-state index contributed by atoms with van der Waals surface area (Å²) >= 11 is 1.54. The zero-order chi connectivity index (χ0) is 17.6. The first-order chi connectivity index (χ1) is 12.1. The topological polar surface area (TPSA) is 96.3 Å². The minimum atomic E-state index is -0.330. The van der Waals surface area contributed by atoms with Gasteiger partial charge in [0.1, 0.15) is 0 Å². The number of aryl methyl sites for hydroxylation is 1. The molecule has 0 fully saturated rings. The average molecular weight is 356 g/mol. The smallest absolute Gasteiger partial charge is 0.319 e. The summed E-state index contributed by atoms with van der Waals surface area (Å²) in [6, 6.07) is 9.72. The molecule has 0 aliphatic carbocycles. The van der Waals surface area contributed by atoms with Crippen molar-refractivity contribution in [3.63, 3.8) is 0 Å². The molecule has 128 valence electrons. The van der Waals surface area contributed by atoms with Crippen molar-refractivity contribution < 1.29 is 14.0 Å². The molecule has 3 rings (SSSR count). The lowest BCUT2D eigenvalue weighted by Gasteiger charge is -2.08. The zero-order valence-electron chi connectivity index (χ0n) is 13.4. The van der Waals surface area contributed by atoms with E-state index in [1.54, 1.807) is 53.9 Å². The predicted octanol–water partition coefficient (Wildman–Crippen LogP) is 3.62. The van der Waals surface area contributed by atoms with E-state index >= 15 is 0 Å². The number of amides is 3. The number of urea groups is 1. The zero-order valence-corrected chi connectivity index (χ0v) is 14.2. The summed E-state index contributed by atoms with van der Waals surface area (Å²) in [6.07, 6.45) is 3.19. The van der Waals surface area contributed by atoms with E-state index in [2.05, 4.69) is 20.9 Å². The summed E-state index contributed by atoms with van der Waals surface area (Å²) in [7, 11) is 0. The minimum Gasteiger partial charge on any atom is -0.459 e. The van der Waals surface area contributed by atoms with E-state index in [0.717, 1.165) is 9.88 Å². The Hall–Kier alpha value is -3.13. The van der Waals surface area contributed by atoms with Gasteiger partial charge in [0.2, 0.25) is 0 Å². The molecule has 2 aromatic heterocycles. The lowest BCUT2D eigenvalue weighted by Crippen LogP contribution is -2.27. The third-order valence-corrected chi connectivity index (χ3v) is 4.15. The van der Waals surface area contributed by atoms with Crippen LogP contribution in [0.25, 0.3) is 0 Å². The SMILES string of the molecule is Cc1ncc(CNC(=O)Nc2ccc(NC(=O)c3ccco3)cc2)s1. The van der Waals surface area contributed by atoms with Crippen LogP contribution < -0.4 is 16.0 Å². The van der Waals surface area contributed by atoms with E-state index in [4.69, 9.17) is 4.42 Å². The van der Waals surface area contributed by atoms with Crippen molar-refractivity contribution in [1.29, 1.82) is 0 Å². The normalized spacial score (nSPS) is 10.3. The van der Waals surface area contributed by atoms with Gasteiger partial charge < -0.3 is 20.4 Å². The molecule has 8 heteroatoms. The van der Waals surface area contributed by atoms with Gasteiger partial charge in [-0.2, -0.15) is 0 Å². The molecule has 0 atom stereocenters. The monoisotopic (exact) mass is 356 g/mol. The number of carbonyl (C=O) groups excluding carboxylic acids is 2. The van der Waals surface area contributed by atoms with Crippen LogP contribution >= 0.6 is 11.3 Å². The maximum Gasteiger partial charge on any atom is 0.319 e. The summed E-state index contributed by atoms with van der Waals surface area (Å²) in [5.74, 6) is -0.0943. The van der Waals surface area contributed by atoms with Gasteiger partial charge in [-0.15, -0.1) is 11.3 Å². The first-order valence-corrected chi connectivity index (χ1v) is 8.33. The van der Waals surface area contributed by atoms with Crippen LogP contribution in [-0.4, -0.2) is 16.9 Å². The van der Waals surface area contributed by atoms with Crippen molar-refractivity contribution in [1.82, 2.24) is 10.3 Å². The van der Waals surface area contributed by atoms with Crippen LogP contribution in [0.3, 0.4) is 0 Å². The third-order valence-electron chi connectivity index (χ3n) is 3.24. The first-order valence-electron chi connectivity index (χ1n) is 7.51. The highest BCUT2D eigenvalue weighted by molar-refractivity contribution is 7.11.